The number of anilines is 1. The fraction of sp³-hybridized carbons (Fsp3) is 0.556. The Morgan fingerprint density at radius 3 is 2.61 bits per heavy atom. The molecule has 2 fully saturated rings. The lowest BCUT2D eigenvalue weighted by atomic mass is 9.85. The van der Waals surface area contributed by atoms with Gasteiger partial charge in [0.25, 0.3) is 5.91 Å². The van der Waals surface area contributed by atoms with Gasteiger partial charge in [0.1, 0.15) is 0 Å². The van der Waals surface area contributed by atoms with Crippen LogP contribution in [0, 0.1) is 5.92 Å². The van der Waals surface area contributed by atoms with Crippen molar-refractivity contribution < 1.29 is 14.7 Å². The molecule has 0 spiro atoms. The Bertz CT molecular complexity index is 590. The standard InChI is InChI=1S/C18H24N2O3/c21-16(19-12-18(23)9-2-1-3-10-18)14-5-4-6-15(11-14)20-17(22)13-7-8-13/h4-6,11,13,23H,1-3,7-10,12H2,(H,19,21)(H,20,22). The van der Waals surface area contributed by atoms with Gasteiger partial charge in [0.2, 0.25) is 5.91 Å². The van der Waals surface area contributed by atoms with Gasteiger partial charge in [-0.05, 0) is 43.9 Å². The number of carbonyl (C=O) groups excluding carboxylic acids is 2. The number of nitrogens with one attached hydrogen (secondary N) is 2. The van der Waals surface area contributed by atoms with Gasteiger partial charge in [0.05, 0.1) is 5.60 Å². The second kappa shape index (κ2) is 6.71. The third kappa shape index (κ3) is 4.32. The van der Waals surface area contributed by atoms with Crippen molar-refractivity contribution in [2.24, 2.45) is 5.92 Å². The summed E-state index contributed by atoms with van der Waals surface area (Å²) in [5.74, 6) is -0.0568. The summed E-state index contributed by atoms with van der Waals surface area (Å²) in [6.07, 6.45) is 6.55. The van der Waals surface area contributed by atoms with E-state index in [0.717, 1.165) is 44.9 Å². The molecule has 2 amide bonds. The van der Waals surface area contributed by atoms with E-state index in [-0.39, 0.29) is 24.3 Å². The van der Waals surface area contributed by atoms with Gasteiger partial charge < -0.3 is 15.7 Å². The lowest BCUT2D eigenvalue weighted by Gasteiger charge is -2.32. The van der Waals surface area contributed by atoms with Crippen LogP contribution in [-0.2, 0) is 4.79 Å². The van der Waals surface area contributed by atoms with Crippen molar-refractivity contribution in [3.05, 3.63) is 29.8 Å². The topological polar surface area (TPSA) is 78.4 Å². The van der Waals surface area contributed by atoms with Crippen LogP contribution in [-0.4, -0.2) is 29.1 Å². The number of amides is 2. The average Bonchev–Trinajstić information content (AvgIpc) is 3.39. The summed E-state index contributed by atoms with van der Waals surface area (Å²) in [6, 6.07) is 6.94. The van der Waals surface area contributed by atoms with E-state index >= 15 is 0 Å². The molecule has 23 heavy (non-hydrogen) atoms. The van der Waals surface area contributed by atoms with Crippen LogP contribution in [0.3, 0.4) is 0 Å². The number of carbonyl (C=O) groups is 2. The molecule has 3 rings (SSSR count). The second-order valence-corrected chi connectivity index (χ2v) is 6.81. The number of rotatable bonds is 5. The maximum atomic E-state index is 12.3. The van der Waals surface area contributed by atoms with Gasteiger partial charge in [0, 0.05) is 23.7 Å². The van der Waals surface area contributed by atoms with E-state index in [0.29, 0.717) is 11.3 Å². The predicted octanol–water partition coefficient (Wildman–Crippen LogP) is 2.46. The van der Waals surface area contributed by atoms with Crippen LogP contribution in [0.4, 0.5) is 5.69 Å². The zero-order valence-electron chi connectivity index (χ0n) is 13.3. The molecule has 124 valence electrons. The first kappa shape index (κ1) is 16.0. The summed E-state index contributed by atoms with van der Waals surface area (Å²) >= 11 is 0. The van der Waals surface area contributed by atoms with Crippen molar-refractivity contribution in [2.75, 3.05) is 11.9 Å². The Hall–Kier alpha value is -1.88. The normalized spacial score (nSPS) is 19.9. The van der Waals surface area contributed by atoms with Crippen molar-refractivity contribution >= 4 is 17.5 Å². The van der Waals surface area contributed by atoms with E-state index in [9.17, 15) is 14.7 Å². The first-order valence-electron chi connectivity index (χ1n) is 8.47. The number of benzene rings is 1. The van der Waals surface area contributed by atoms with E-state index in [2.05, 4.69) is 10.6 Å². The van der Waals surface area contributed by atoms with Crippen molar-refractivity contribution in [3.8, 4) is 0 Å². The molecule has 1 aromatic rings. The highest BCUT2D eigenvalue weighted by atomic mass is 16.3. The van der Waals surface area contributed by atoms with Gasteiger partial charge in [-0.1, -0.05) is 25.3 Å². The second-order valence-electron chi connectivity index (χ2n) is 6.81. The third-order valence-electron chi connectivity index (χ3n) is 4.70. The van der Waals surface area contributed by atoms with Crippen LogP contribution in [0.5, 0.6) is 0 Å². The van der Waals surface area contributed by atoms with Crippen LogP contribution in [0.2, 0.25) is 0 Å². The zero-order valence-corrected chi connectivity index (χ0v) is 13.3. The maximum absolute atomic E-state index is 12.3. The molecule has 0 radical (unpaired) electrons. The van der Waals surface area contributed by atoms with Crippen molar-refractivity contribution in [1.82, 2.24) is 5.32 Å². The lowest BCUT2D eigenvalue weighted by molar-refractivity contribution is -0.117. The Kier molecular flexibility index (Phi) is 4.66. The lowest BCUT2D eigenvalue weighted by Crippen LogP contribution is -2.44. The van der Waals surface area contributed by atoms with Gasteiger partial charge in [0.15, 0.2) is 0 Å². The van der Waals surface area contributed by atoms with Crippen LogP contribution >= 0.6 is 0 Å². The highest BCUT2D eigenvalue weighted by Gasteiger charge is 2.30. The molecule has 0 heterocycles. The molecular formula is C18H24N2O3. The van der Waals surface area contributed by atoms with Gasteiger partial charge in [-0.2, -0.15) is 0 Å². The van der Waals surface area contributed by atoms with Crippen LogP contribution in [0.15, 0.2) is 24.3 Å². The molecule has 3 N–H and O–H groups in total. The van der Waals surface area contributed by atoms with Crippen LogP contribution in [0.1, 0.15) is 55.3 Å². The minimum absolute atomic E-state index is 0.0269. The maximum Gasteiger partial charge on any atom is 0.251 e. The Morgan fingerprint density at radius 1 is 1.17 bits per heavy atom. The number of aliphatic hydroxyl groups is 1. The van der Waals surface area contributed by atoms with Gasteiger partial charge in [-0.3, -0.25) is 9.59 Å². The molecule has 1 aromatic carbocycles. The molecule has 2 saturated carbocycles. The smallest absolute Gasteiger partial charge is 0.251 e. The minimum atomic E-state index is -0.772. The van der Waals surface area contributed by atoms with E-state index in [1.807, 2.05) is 0 Å². The minimum Gasteiger partial charge on any atom is -0.388 e. The molecule has 5 nitrogen and oxygen atoms in total. The van der Waals surface area contributed by atoms with E-state index in [1.165, 1.54) is 0 Å². The molecule has 2 aliphatic carbocycles. The Morgan fingerprint density at radius 2 is 1.91 bits per heavy atom. The van der Waals surface area contributed by atoms with Crippen molar-refractivity contribution in [2.45, 2.75) is 50.5 Å². The fourth-order valence-corrected chi connectivity index (χ4v) is 3.06. The third-order valence-corrected chi connectivity index (χ3v) is 4.70. The molecule has 0 unspecified atom stereocenters. The molecule has 0 atom stereocenters. The van der Waals surface area contributed by atoms with E-state index < -0.39 is 5.60 Å². The van der Waals surface area contributed by atoms with Gasteiger partial charge in [-0.25, -0.2) is 0 Å². The van der Waals surface area contributed by atoms with Crippen molar-refractivity contribution in [3.63, 3.8) is 0 Å². The fourth-order valence-electron chi connectivity index (χ4n) is 3.06. The summed E-state index contributed by atoms with van der Waals surface area (Å²) in [5, 5.41) is 16.1. The summed E-state index contributed by atoms with van der Waals surface area (Å²) < 4.78 is 0. The number of hydrogen-bond acceptors (Lipinski definition) is 3. The Balaban J connectivity index is 1.57. The molecular weight excluding hydrogens is 292 g/mol. The summed E-state index contributed by atoms with van der Waals surface area (Å²) in [5.41, 5.74) is 0.370. The molecule has 5 heteroatoms. The highest BCUT2D eigenvalue weighted by molar-refractivity contribution is 5.98. The molecule has 0 bridgehead atoms. The van der Waals surface area contributed by atoms with Crippen molar-refractivity contribution in [1.29, 1.82) is 0 Å². The Labute approximate surface area is 136 Å². The zero-order chi connectivity index (χ0) is 16.3. The number of hydrogen-bond donors (Lipinski definition) is 3. The SMILES string of the molecule is O=C(NCC1(O)CCCCC1)c1cccc(NC(=O)C2CC2)c1. The summed E-state index contributed by atoms with van der Waals surface area (Å²) in [7, 11) is 0. The van der Waals surface area contributed by atoms with Gasteiger partial charge >= 0.3 is 0 Å². The van der Waals surface area contributed by atoms with Gasteiger partial charge in [-0.15, -0.1) is 0 Å². The molecule has 0 aliphatic heterocycles. The largest absolute Gasteiger partial charge is 0.388 e. The monoisotopic (exact) mass is 316 g/mol. The molecule has 2 aliphatic rings. The molecule has 0 aromatic heterocycles. The average molecular weight is 316 g/mol. The van der Waals surface area contributed by atoms with Crippen LogP contribution < -0.4 is 10.6 Å². The summed E-state index contributed by atoms with van der Waals surface area (Å²) in [6.45, 7) is 0.282. The first-order chi connectivity index (χ1) is 11.1. The molecule has 0 saturated heterocycles. The predicted molar refractivity (Wildman–Crippen MR) is 88.2 cm³/mol. The van der Waals surface area contributed by atoms with E-state index in [1.54, 1.807) is 24.3 Å². The van der Waals surface area contributed by atoms with E-state index in [4.69, 9.17) is 0 Å². The first-order valence-corrected chi connectivity index (χ1v) is 8.47. The quantitative estimate of drug-likeness (QED) is 0.781. The van der Waals surface area contributed by atoms with Crippen LogP contribution in [0.25, 0.3) is 0 Å². The highest BCUT2D eigenvalue weighted by Crippen LogP contribution is 2.30. The summed E-state index contributed by atoms with van der Waals surface area (Å²) in [4.78, 5) is 24.1.